The van der Waals surface area contributed by atoms with Crippen LogP contribution in [0.25, 0.3) is 71.4 Å². The van der Waals surface area contributed by atoms with Crippen molar-refractivity contribution in [3.05, 3.63) is 205 Å². The van der Waals surface area contributed by atoms with Crippen LogP contribution in [0.5, 0.6) is 0 Å². The van der Waals surface area contributed by atoms with E-state index in [-0.39, 0.29) is 0 Å². The summed E-state index contributed by atoms with van der Waals surface area (Å²) >= 11 is 0. The Balaban J connectivity index is 1.10. The molecule has 0 spiro atoms. The lowest BCUT2D eigenvalue weighted by Gasteiger charge is -2.10. The van der Waals surface area contributed by atoms with Crippen LogP contribution in [-0.2, 0) is 0 Å². The van der Waals surface area contributed by atoms with E-state index in [1.165, 1.54) is 21.5 Å². The Hall–Kier alpha value is -7.06. The van der Waals surface area contributed by atoms with E-state index in [2.05, 4.69) is 140 Å². The molecule has 3 nitrogen and oxygen atoms in total. The van der Waals surface area contributed by atoms with Crippen LogP contribution in [0.4, 0.5) is 0 Å². The van der Waals surface area contributed by atoms with Gasteiger partial charge in [-0.1, -0.05) is 158 Å². The molecule has 0 N–H and O–H groups in total. The van der Waals surface area contributed by atoms with Crippen molar-refractivity contribution in [3.8, 4) is 22.3 Å². The van der Waals surface area contributed by atoms with E-state index >= 15 is 0 Å². The molecule has 0 aliphatic carbocycles. The minimum Gasteiger partial charge on any atom is -0.455 e. The van der Waals surface area contributed by atoms with Gasteiger partial charge in [-0.2, -0.15) is 0 Å². The van der Waals surface area contributed by atoms with E-state index in [4.69, 9.17) is 14.4 Å². The molecule has 8 aromatic carbocycles. The molecule has 9 aromatic rings. The number of hydrogen-bond acceptors (Lipinski definition) is 2. The van der Waals surface area contributed by atoms with Gasteiger partial charge in [-0.25, -0.2) is 9.98 Å². The van der Waals surface area contributed by atoms with Crippen molar-refractivity contribution in [1.82, 2.24) is 0 Å². The highest BCUT2D eigenvalue weighted by atomic mass is 16.3. The highest BCUT2D eigenvalue weighted by Crippen LogP contribution is 2.42. The van der Waals surface area contributed by atoms with Crippen molar-refractivity contribution >= 4 is 60.7 Å². The summed E-state index contributed by atoms with van der Waals surface area (Å²) in [5, 5.41) is 7.00. The Morgan fingerprint density at radius 3 is 1.89 bits per heavy atom. The zero-order valence-electron chi connectivity index (χ0n) is 29.3. The van der Waals surface area contributed by atoms with Crippen LogP contribution in [0.3, 0.4) is 0 Å². The molecule has 0 saturated heterocycles. The van der Waals surface area contributed by atoms with E-state index in [1.54, 1.807) is 0 Å². The first-order valence-electron chi connectivity index (χ1n) is 17.8. The maximum Gasteiger partial charge on any atom is 0.160 e. The second kappa shape index (κ2) is 13.6. The molecule has 0 atom stereocenters. The summed E-state index contributed by atoms with van der Waals surface area (Å²) in [4.78, 5) is 9.96. The number of furan rings is 1. The van der Waals surface area contributed by atoms with Gasteiger partial charge >= 0.3 is 0 Å². The molecule has 0 saturated carbocycles. The second-order valence-corrected chi connectivity index (χ2v) is 13.2. The maximum absolute atomic E-state index is 6.80. The van der Waals surface area contributed by atoms with Crippen molar-refractivity contribution in [1.29, 1.82) is 0 Å². The molecular formula is C50H34N2O. The van der Waals surface area contributed by atoms with Crippen LogP contribution in [0.15, 0.2) is 203 Å². The number of hydrogen-bond donors (Lipinski definition) is 0. The van der Waals surface area contributed by atoms with Gasteiger partial charge in [-0.05, 0) is 75.0 Å². The summed E-state index contributed by atoms with van der Waals surface area (Å²) in [7, 11) is 0. The van der Waals surface area contributed by atoms with Gasteiger partial charge in [0.05, 0.1) is 0 Å². The minimum atomic E-state index is 0.605. The molecule has 9 rings (SSSR count). The van der Waals surface area contributed by atoms with Crippen molar-refractivity contribution < 1.29 is 4.42 Å². The number of nitrogens with zero attached hydrogens (tertiary/aromatic N) is 2. The van der Waals surface area contributed by atoms with Crippen LogP contribution in [0.1, 0.15) is 23.6 Å². The molecule has 53 heavy (non-hydrogen) atoms. The van der Waals surface area contributed by atoms with Gasteiger partial charge in [-0.15, -0.1) is 5.73 Å². The predicted octanol–water partition coefficient (Wildman–Crippen LogP) is 13.3. The Morgan fingerprint density at radius 2 is 1.13 bits per heavy atom. The van der Waals surface area contributed by atoms with E-state index in [1.807, 2.05) is 55.5 Å². The first-order chi connectivity index (χ1) is 26.1. The molecule has 0 unspecified atom stereocenters. The summed E-state index contributed by atoms with van der Waals surface area (Å²) in [5.41, 5.74) is 13.6. The highest BCUT2D eigenvalue weighted by molar-refractivity contribution is 6.19. The minimum absolute atomic E-state index is 0.605. The summed E-state index contributed by atoms with van der Waals surface area (Å²) < 4.78 is 6.80. The van der Waals surface area contributed by atoms with Crippen LogP contribution in [-0.4, -0.2) is 11.5 Å². The summed E-state index contributed by atoms with van der Waals surface area (Å²) in [5.74, 6) is 0.605. The molecule has 1 aromatic heterocycles. The fourth-order valence-corrected chi connectivity index (χ4v) is 7.16. The van der Waals surface area contributed by atoms with Gasteiger partial charge in [0.1, 0.15) is 16.9 Å². The van der Waals surface area contributed by atoms with Gasteiger partial charge in [0.2, 0.25) is 0 Å². The smallest absolute Gasteiger partial charge is 0.160 e. The maximum atomic E-state index is 6.80. The number of fused-ring (bicyclic) bond motifs is 5. The average Bonchev–Trinajstić information content (AvgIpc) is 3.59. The summed E-state index contributed by atoms with van der Waals surface area (Å²) in [6, 6.07) is 61.0. The first-order valence-corrected chi connectivity index (χ1v) is 17.8. The Labute approximate surface area is 308 Å². The van der Waals surface area contributed by atoms with Gasteiger partial charge in [0, 0.05) is 33.2 Å². The number of amidine groups is 1. The molecule has 250 valence electrons. The summed E-state index contributed by atoms with van der Waals surface area (Å²) in [6.07, 6.45) is 0. The highest BCUT2D eigenvalue weighted by Gasteiger charge is 2.17. The zero-order valence-corrected chi connectivity index (χ0v) is 29.3. The molecule has 0 fully saturated rings. The van der Waals surface area contributed by atoms with Gasteiger partial charge in [-0.3, -0.25) is 0 Å². The standard InChI is InChI=1S/C50H34N2O/c1-3-46(52-50(38-17-8-5-9-18-38)51-33(2)34-14-6-4-7-15-34)37-25-22-36(23-26-37)40-28-29-44-45-31-41-20-12-13-21-43(41)48(49(45)53-47(44)32-40)42-27-24-35-16-10-11-19-39(35)30-42/h4-32H,1H2,2H3/b51-33+,52-50-. The van der Waals surface area contributed by atoms with Crippen molar-refractivity contribution in [2.24, 2.45) is 9.98 Å². The largest absolute Gasteiger partial charge is 0.455 e. The lowest BCUT2D eigenvalue weighted by Crippen LogP contribution is -2.04. The quantitative estimate of drug-likeness (QED) is 0.0980. The lowest BCUT2D eigenvalue weighted by atomic mass is 9.93. The number of aliphatic imine (C=N–C) groups is 2. The SMILES string of the molecule is C=C=C(/N=C(\N=C(/C)c1ccccc1)c1ccccc1)c1ccc(-c2ccc3c(c2)oc2c(-c4ccc5ccccc5c4)c4ccccc4cc23)cc1. The van der Waals surface area contributed by atoms with Crippen molar-refractivity contribution in [2.45, 2.75) is 6.92 Å². The van der Waals surface area contributed by atoms with E-state index in [0.29, 0.717) is 11.5 Å². The molecule has 0 radical (unpaired) electrons. The van der Waals surface area contributed by atoms with Crippen molar-refractivity contribution in [3.63, 3.8) is 0 Å². The van der Waals surface area contributed by atoms with Gasteiger partial charge in [0.15, 0.2) is 5.84 Å². The third kappa shape index (κ3) is 6.06. The molecule has 0 amide bonds. The zero-order chi connectivity index (χ0) is 35.7. The molecule has 0 aliphatic heterocycles. The fourth-order valence-electron chi connectivity index (χ4n) is 7.16. The van der Waals surface area contributed by atoms with Gasteiger partial charge in [0.25, 0.3) is 0 Å². The molecule has 0 aliphatic rings. The molecule has 0 bridgehead atoms. The second-order valence-electron chi connectivity index (χ2n) is 13.2. The van der Waals surface area contributed by atoms with Crippen LogP contribution in [0, 0.1) is 0 Å². The predicted molar refractivity (Wildman–Crippen MR) is 224 cm³/mol. The Bertz CT molecular complexity index is 2930. The molecule has 3 heteroatoms. The fraction of sp³-hybridized carbons (Fsp3) is 0.0200. The van der Waals surface area contributed by atoms with E-state index in [9.17, 15) is 0 Å². The third-order valence-corrected chi connectivity index (χ3v) is 9.90. The summed E-state index contributed by atoms with van der Waals surface area (Å²) in [6.45, 7) is 6.00. The number of benzene rings is 8. The monoisotopic (exact) mass is 678 g/mol. The molecular weight excluding hydrogens is 645 g/mol. The number of rotatable bonds is 6. The van der Waals surface area contributed by atoms with Crippen LogP contribution < -0.4 is 0 Å². The molecule has 1 heterocycles. The third-order valence-electron chi connectivity index (χ3n) is 9.90. The lowest BCUT2D eigenvalue weighted by molar-refractivity contribution is 0.670. The normalized spacial score (nSPS) is 12.1. The van der Waals surface area contributed by atoms with E-state index < -0.39 is 0 Å². The van der Waals surface area contributed by atoms with Gasteiger partial charge < -0.3 is 4.42 Å². The van der Waals surface area contributed by atoms with Crippen LogP contribution >= 0.6 is 0 Å². The van der Waals surface area contributed by atoms with Crippen molar-refractivity contribution in [2.75, 3.05) is 0 Å². The van der Waals surface area contributed by atoms with Crippen LogP contribution in [0.2, 0.25) is 0 Å². The van der Waals surface area contributed by atoms with E-state index in [0.717, 1.165) is 66.6 Å². The Morgan fingerprint density at radius 1 is 0.491 bits per heavy atom. The average molecular weight is 679 g/mol. The Kier molecular flexibility index (Phi) is 8.17. The topological polar surface area (TPSA) is 37.9 Å². The first kappa shape index (κ1) is 31.9.